The maximum Gasteiger partial charge on any atom is 0.316 e. The first kappa shape index (κ1) is 16.7. The van der Waals surface area contributed by atoms with Crippen LogP contribution in [0.3, 0.4) is 0 Å². The first-order valence-electron chi connectivity index (χ1n) is 6.70. The highest BCUT2D eigenvalue weighted by molar-refractivity contribution is 6.32. The van der Waals surface area contributed by atoms with Gasteiger partial charge in [-0.25, -0.2) is 15.5 Å². The summed E-state index contributed by atoms with van der Waals surface area (Å²) in [6.07, 6.45) is 4.87. The van der Waals surface area contributed by atoms with Crippen molar-refractivity contribution in [3.8, 4) is 11.8 Å². The molecule has 0 atom stereocenters. The molecule has 1 heterocycles. The van der Waals surface area contributed by atoms with Crippen LogP contribution >= 0.6 is 11.6 Å². The number of hydrogen-bond donors (Lipinski definition) is 2. The SMILES string of the molecule is COc1cc(N/C=C(/COc2ncc(C)cn2)N=N)ccc1Cl. The fraction of sp³-hybridized carbons (Fsp3) is 0.200. The summed E-state index contributed by atoms with van der Waals surface area (Å²) in [6.45, 7) is 1.96. The van der Waals surface area contributed by atoms with Crippen LogP contribution in [0.15, 0.2) is 47.6 Å². The molecule has 0 spiro atoms. The van der Waals surface area contributed by atoms with E-state index in [4.69, 9.17) is 26.6 Å². The Morgan fingerprint density at radius 1 is 1.39 bits per heavy atom. The predicted molar refractivity (Wildman–Crippen MR) is 87.1 cm³/mol. The third-order valence-corrected chi connectivity index (χ3v) is 3.12. The Balaban J connectivity index is 1.98. The largest absolute Gasteiger partial charge is 0.495 e. The second kappa shape index (κ2) is 8.09. The van der Waals surface area contributed by atoms with Crippen molar-refractivity contribution in [2.75, 3.05) is 19.0 Å². The molecular weight excluding hydrogens is 318 g/mol. The van der Waals surface area contributed by atoms with Gasteiger partial charge in [0.05, 0.1) is 12.1 Å². The molecule has 0 bridgehead atoms. The van der Waals surface area contributed by atoms with E-state index in [0.717, 1.165) is 11.3 Å². The molecule has 1 aromatic heterocycles. The van der Waals surface area contributed by atoms with Crippen LogP contribution in [0.1, 0.15) is 5.56 Å². The number of anilines is 1. The highest BCUT2D eigenvalue weighted by atomic mass is 35.5. The van der Waals surface area contributed by atoms with E-state index in [9.17, 15) is 0 Å². The van der Waals surface area contributed by atoms with Gasteiger partial charge in [0.15, 0.2) is 0 Å². The lowest BCUT2D eigenvalue weighted by Crippen LogP contribution is -2.04. The van der Waals surface area contributed by atoms with Crippen LogP contribution in [-0.2, 0) is 0 Å². The van der Waals surface area contributed by atoms with Gasteiger partial charge in [0.1, 0.15) is 18.1 Å². The maximum atomic E-state index is 7.19. The molecule has 2 rings (SSSR count). The molecule has 0 saturated carbocycles. The minimum Gasteiger partial charge on any atom is -0.495 e. The van der Waals surface area contributed by atoms with Crippen LogP contribution in [0.25, 0.3) is 0 Å². The highest BCUT2D eigenvalue weighted by Gasteiger charge is 2.03. The van der Waals surface area contributed by atoms with Crippen LogP contribution in [0.2, 0.25) is 5.02 Å². The van der Waals surface area contributed by atoms with Gasteiger partial charge in [0.2, 0.25) is 0 Å². The zero-order chi connectivity index (χ0) is 16.7. The monoisotopic (exact) mass is 333 g/mol. The van der Waals surface area contributed by atoms with Crippen molar-refractivity contribution in [2.45, 2.75) is 6.92 Å². The Hall–Kier alpha value is -2.67. The molecule has 8 heteroatoms. The highest BCUT2D eigenvalue weighted by Crippen LogP contribution is 2.27. The summed E-state index contributed by atoms with van der Waals surface area (Å²) < 4.78 is 10.5. The smallest absolute Gasteiger partial charge is 0.316 e. The number of nitrogens with one attached hydrogen (secondary N) is 2. The van der Waals surface area contributed by atoms with Crippen LogP contribution in [0.5, 0.6) is 11.8 Å². The molecule has 0 aliphatic carbocycles. The molecule has 0 amide bonds. The van der Waals surface area contributed by atoms with Gasteiger partial charge in [0, 0.05) is 30.3 Å². The standard InChI is InChI=1S/C15H16ClN5O2/c1-10-6-19-15(20-7-10)23-9-12(21-17)8-18-11-3-4-13(16)14(5-11)22-2/h3-8,17-18H,9H2,1-2H3/b12-8-,21-17?. The Bertz CT molecular complexity index is 704. The summed E-state index contributed by atoms with van der Waals surface area (Å²) in [7, 11) is 1.54. The minimum atomic E-state index is 0.0737. The van der Waals surface area contributed by atoms with Crippen LogP contribution < -0.4 is 14.8 Å². The van der Waals surface area contributed by atoms with Gasteiger partial charge in [-0.3, -0.25) is 0 Å². The number of hydrogen-bond acceptors (Lipinski definition) is 7. The lowest BCUT2D eigenvalue weighted by molar-refractivity contribution is 0.320. The topological polar surface area (TPSA) is 92.5 Å². The summed E-state index contributed by atoms with van der Waals surface area (Å²) >= 11 is 5.96. The lowest BCUT2D eigenvalue weighted by atomic mass is 10.3. The molecule has 7 nitrogen and oxygen atoms in total. The second-order valence-electron chi connectivity index (χ2n) is 4.57. The van der Waals surface area contributed by atoms with Crippen LogP contribution in [-0.4, -0.2) is 23.7 Å². The van der Waals surface area contributed by atoms with Crippen molar-refractivity contribution in [1.82, 2.24) is 9.97 Å². The first-order valence-corrected chi connectivity index (χ1v) is 7.08. The van der Waals surface area contributed by atoms with E-state index in [-0.39, 0.29) is 12.6 Å². The molecule has 0 fully saturated rings. The number of methoxy groups -OCH3 is 1. The van der Waals surface area contributed by atoms with Crippen molar-refractivity contribution >= 4 is 17.3 Å². The van der Waals surface area contributed by atoms with E-state index < -0.39 is 0 Å². The number of ether oxygens (including phenoxy) is 2. The van der Waals surface area contributed by atoms with Crippen LogP contribution in [0.4, 0.5) is 5.69 Å². The van der Waals surface area contributed by atoms with Gasteiger partial charge in [-0.2, -0.15) is 5.11 Å². The molecule has 0 saturated heterocycles. The van der Waals surface area contributed by atoms with Gasteiger partial charge in [0.25, 0.3) is 0 Å². The maximum absolute atomic E-state index is 7.19. The normalized spacial score (nSPS) is 11.0. The van der Waals surface area contributed by atoms with Gasteiger partial charge < -0.3 is 14.8 Å². The summed E-state index contributed by atoms with van der Waals surface area (Å²) in [4.78, 5) is 8.04. The number of aromatic nitrogens is 2. The van der Waals surface area contributed by atoms with Crippen molar-refractivity contribution in [3.63, 3.8) is 0 Å². The van der Waals surface area contributed by atoms with Crippen molar-refractivity contribution in [1.29, 1.82) is 5.53 Å². The van der Waals surface area contributed by atoms with Crippen molar-refractivity contribution in [3.05, 3.63) is 53.1 Å². The molecule has 120 valence electrons. The van der Waals surface area contributed by atoms with Gasteiger partial charge in [-0.05, 0) is 24.6 Å². The Morgan fingerprint density at radius 3 is 2.78 bits per heavy atom. The van der Waals surface area contributed by atoms with Gasteiger partial charge in [-0.1, -0.05) is 11.6 Å². The zero-order valence-corrected chi connectivity index (χ0v) is 13.5. The molecular formula is C15H16ClN5O2. The van der Waals surface area contributed by atoms with E-state index in [1.807, 2.05) is 6.92 Å². The molecule has 0 aliphatic heterocycles. The fourth-order valence-corrected chi connectivity index (χ4v) is 1.81. The van der Waals surface area contributed by atoms with E-state index >= 15 is 0 Å². The summed E-state index contributed by atoms with van der Waals surface area (Å²) in [5.74, 6) is 0.554. The number of halogens is 1. The fourth-order valence-electron chi connectivity index (χ4n) is 1.62. The number of rotatable bonds is 7. The number of aryl methyl sites for hydroxylation is 1. The third-order valence-electron chi connectivity index (χ3n) is 2.81. The molecule has 1 aromatic carbocycles. The van der Waals surface area contributed by atoms with Gasteiger partial charge in [-0.15, -0.1) is 0 Å². The molecule has 23 heavy (non-hydrogen) atoms. The number of nitrogens with zero attached hydrogens (tertiary/aromatic N) is 3. The van der Waals surface area contributed by atoms with Crippen molar-refractivity contribution < 1.29 is 9.47 Å². The van der Waals surface area contributed by atoms with Gasteiger partial charge >= 0.3 is 6.01 Å². The quantitative estimate of drug-likeness (QED) is 0.751. The van der Waals surface area contributed by atoms with E-state index in [1.54, 1.807) is 43.9 Å². The second-order valence-corrected chi connectivity index (χ2v) is 4.98. The minimum absolute atomic E-state index is 0.0737. The average molecular weight is 334 g/mol. The molecule has 2 N–H and O–H groups in total. The van der Waals surface area contributed by atoms with Crippen molar-refractivity contribution in [2.24, 2.45) is 5.11 Å². The number of benzene rings is 1. The molecule has 0 radical (unpaired) electrons. The molecule has 2 aromatic rings. The van der Waals surface area contributed by atoms with E-state index in [1.165, 1.54) is 0 Å². The van der Waals surface area contributed by atoms with Crippen LogP contribution in [0, 0.1) is 12.5 Å². The summed E-state index contributed by atoms with van der Waals surface area (Å²) in [5.41, 5.74) is 9.26. The third kappa shape index (κ3) is 4.93. The lowest BCUT2D eigenvalue weighted by Gasteiger charge is -2.07. The molecule has 0 aliphatic rings. The predicted octanol–water partition coefficient (Wildman–Crippen LogP) is 3.81. The molecule has 0 unspecified atom stereocenters. The van der Waals surface area contributed by atoms with E-state index in [0.29, 0.717) is 16.5 Å². The van der Waals surface area contributed by atoms with E-state index in [2.05, 4.69) is 20.4 Å². The Kier molecular flexibility index (Phi) is 5.87. The average Bonchev–Trinajstić information content (AvgIpc) is 2.57. The Labute approximate surface area is 138 Å². The summed E-state index contributed by atoms with van der Waals surface area (Å²) in [6, 6.07) is 5.47. The zero-order valence-electron chi connectivity index (χ0n) is 12.7. The summed E-state index contributed by atoms with van der Waals surface area (Å²) in [5, 5.41) is 6.93. The first-order chi connectivity index (χ1) is 11.1. The Morgan fingerprint density at radius 2 is 2.13 bits per heavy atom.